The second-order valence-corrected chi connectivity index (χ2v) is 22.9. The van der Waals surface area contributed by atoms with E-state index < -0.39 is 41.4 Å². The Hall–Kier alpha value is -10.1. The Labute approximate surface area is 520 Å². The van der Waals surface area contributed by atoms with E-state index in [2.05, 4.69) is 105 Å². The molecule has 0 aliphatic heterocycles. The number of aromatic amines is 3. The number of esters is 1. The smallest absolute Gasteiger partial charge is 0.328 e. The Morgan fingerprint density at radius 1 is 0.562 bits per heavy atom. The first kappa shape index (κ1) is 62.0. The number of anilines is 4. The van der Waals surface area contributed by atoms with Crippen LogP contribution in [-0.2, 0) is 26.8 Å². The molecule has 6 amide bonds. The Bertz CT molecular complexity index is 4220. The highest BCUT2D eigenvalue weighted by Crippen LogP contribution is 2.41. The van der Waals surface area contributed by atoms with E-state index in [0.29, 0.717) is 40.1 Å². The lowest BCUT2D eigenvalue weighted by atomic mass is 9.99. The zero-order valence-corrected chi connectivity index (χ0v) is 50.4. The number of urea groups is 3. The summed E-state index contributed by atoms with van der Waals surface area (Å²) >= 11 is 4.68. The molecule has 1 aliphatic rings. The van der Waals surface area contributed by atoms with Crippen LogP contribution in [0.2, 0.25) is 0 Å². The lowest BCUT2D eigenvalue weighted by Gasteiger charge is -2.22. The minimum absolute atomic E-state index is 0.0430. The molecule has 0 bridgehead atoms. The Morgan fingerprint density at radius 2 is 1.00 bits per heavy atom. The quantitative estimate of drug-likeness (QED) is 0.0206. The normalized spacial score (nSPS) is 13.8. The molecule has 1 saturated carbocycles. The van der Waals surface area contributed by atoms with Gasteiger partial charge in [-0.05, 0) is 83.1 Å². The second-order valence-electron chi connectivity index (χ2n) is 20.0. The molecule has 9 N–H and O–H groups in total. The molecule has 89 heavy (non-hydrogen) atoms. The van der Waals surface area contributed by atoms with Gasteiger partial charge in [-0.2, -0.15) is 15.3 Å². The molecule has 23 nitrogen and oxygen atoms in total. The van der Waals surface area contributed by atoms with Crippen molar-refractivity contribution < 1.29 is 32.7 Å². The topological polar surface area (TPSA) is 313 Å². The molecule has 5 aromatic carbocycles. The van der Waals surface area contributed by atoms with Gasteiger partial charge in [0.05, 0.1) is 41.9 Å². The number of methoxy groups -OCH3 is 1. The van der Waals surface area contributed by atoms with Gasteiger partial charge in [0.1, 0.15) is 57.4 Å². The number of carbonyl (C=O) groups is 4. The summed E-state index contributed by atoms with van der Waals surface area (Å²) in [5.74, 6) is 0.197. The number of carbonyl (C=O) groups excluding carboxylic acids is 4. The zero-order valence-electron chi connectivity index (χ0n) is 47.9. The number of benzene rings is 5. The number of nitrogens with one attached hydrogen (secondary N) is 9. The van der Waals surface area contributed by atoms with E-state index in [4.69, 9.17) is 4.74 Å². The third-order valence-electron chi connectivity index (χ3n) is 13.8. The third-order valence-corrected chi connectivity index (χ3v) is 17.0. The lowest BCUT2D eigenvalue weighted by Crippen LogP contribution is -2.47. The van der Waals surface area contributed by atoms with E-state index in [9.17, 15) is 28.0 Å². The first-order chi connectivity index (χ1) is 43.4. The van der Waals surface area contributed by atoms with Crippen LogP contribution < -0.4 is 31.9 Å². The van der Waals surface area contributed by atoms with Crippen LogP contribution in [0.3, 0.4) is 0 Å². The average molecular weight is 1260 g/mol. The minimum Gasteiger partial charge on any atom is -0.467 e. The monoisotopic (exact) mass is 1260 g/mol. The third kappa shape index (κ3) is 16.9. The van der Waals surface area contributed by atoms with Crippen molar-refractivity contribution in [1.82, 2.24) is 71.1 Å². The zero-order chi connectivity index (χ0) is 62.1. The van der Waals surface area contributed by atoms with Crippen molar-refractivity contribution in [2.45, 2.75) is 77.0 Å². The van der Waals surface area contributed by atoms with Crippen molar-refractivity contribution in [3.8, 4) is 0 Å². The minimum atomic E-state index is -0.847. The fraction of sp³-hybridized carbons (Fsp3) is 0.197. The molecule has 0 spiro atoms. The molecule has 454 valence electrons. The van der Waals surface area contributed by atoms with E-state index in [-0.39, 0.29) is 18.0 Å². The number of ether oxygens (including phenoxy) is 1. The molecular weight excluding hydrogens is 1200 g/mol. The van der Waals surface area contributed by atoms with Crippen molar-refractivity contribution in [1.29, 1.82) is 0 Å². The lowest BCUT2D eigenvalue weighted by molar-refractivity contribution is -0.144. The Morgan fingerprint density at radius 3 is 1.45 bits per heavy atom. The van der Waals surface area contributed by atoms with Gasteiger partial charge < -0.3 is 36.6 Å². The standard InChI is InChI=1S/C22H20N6OS.C20H24N6O3S.C19H14F2N6OS/c29-22(27-19-10-17(19)15-6-2-1-3-7-15)26-16-8-4-5-14(9-16)12-30-21-18-11-25-28-20(18)23-13-24-21;1-4-12(2)16(19(27)29-3)25-20(28)24-14-7-5-6-13(8-14)10-30-18-15-9-23-26-17(15)21-11-22-18;20-14-5-2-6-15(21)16(14)26-19(28)25-12-4-1-3-11(7-12)9-29-18-13-8-24-27-17(13)22-10-23-18/h1-9,11,13,17,19H,10,12H2,(H2,26,27,29)(H,23,24,25,28);5-9,11-12,16H,4,10H2,1-3H3,(H2,24,25,28)(H,21,22,23,26);1-8,10H,9H2,(H2,25,26,28)(H,22,23,24,27)/t17-,19+;12-,16?;/m10./s1. The molecule has 6 heterocycles. The number of aromatic nitrogens is 12. The predicted molar refractivity (Wildman–Crippen MR) is 339 cm³/mol. The van der Waals surface area contributed by atoms with Crippen LogP contribution in [0.1, 0.15) is 54.9 Å². The molecule has 11 aromatic rings. The largest absolute Gasteiger partial charge is 0.467 e. The maximum atomic E-state index is 13.7. The maximum Gasteiger partial charge on any atom is 0.328 e. The fourth-order valence-electron chi connectivity index (χ4n) is 9.00. The first-order valence-corrected chi connectivity index (χ1v) is 30.7. The van der Waals surface area contributed by atoms with Crippen molar-refractivity contribution >= 4 is 115 Å². The number of H-pyrrole nitrogens is 3. The van der Waals surface area contributed by atoms with Crippen molar-refractivity contribution in [3.05, 3.63) is 193 Å². The summed E-state index contributed by atoms with van der Waals surface area (Å²) in [6, 6.07) is 34.3. The SMILES string of the molecule is CC[C@H](C)C(NC(=O)Nc1cccc(CSc2ncnc3[nH]ncc23)c1)C(=O)OC.O=C(Nc1cccc(CSc2ncnc3[nH]ncc23)c1)N[C@H]1C[C@@H]1c1ccccc1.O=C(Nc1cccc(CSc2ncnc3[nH]ncc23)c1)Nc1c(F)cccc1F. The van der Waals surface area contributed by atoms with Gasteiger partial charge in [0.2, 0.25) is 0 Å². The van der Waals surface area contributed by atoms with Crippen LogP contribution in [0.25, 0.3) is 33.1 Å². The molecule has 1 aliphatic carbocycles. The van der Waals surface area contributed by atoms with Crippen molar-refractivity contribution in [2.75, 3.05) is 28.4 Å². The van der Waals surface area contributed by atoms with Crippen molar-refractivity contribution in [3.63, 3.8) is 0 Å². The summed E-state index contributed by atoms with van der Waals surface area (Å²) in [5.41, 5.74) is 7.82. The highest BCUT2D eigenvalue weighted by molar-refractivity contribution is 7.99. The Kier molecular flexibility index (Phi) is 20.9. The number of nitrogens with zero attached hydrogens (tertiary/aromatic N) is 9. The number of rotatable bonds is 19. The van der Waals surface area contributed by atoms with Gasteiger partial charge in [0.15, 0.2) is 16.9 Å². The van der Waals surface area contributed by atoms with Crippen LogP contribution in [-0.4, -0.2) is 104 Å². The van der Waals surface area contributed by atoms with E-state index >= 15 is 0 Å². The second kappa shape index (κ2) is 30.0. The van der Waals surface area contributed by atoms with Crippen LogP contribution in [0.5, 0.6) is 0 Å². The van der Waals surface area contributed by atoms with Crippen LogP contribution in [0.15, 0.2) is 174 Å². The number of para-hydroxylation sites is 1. The molecular formula is C61H58F2N18O5S3. The van der Waals surface area contributed by atoms with Crippen LogP contribution >= 0.6 is 35.3 Å². The molecule has 0 radical (unpaired) electrons. The fourth-order valence-corrected chi connectivity index (χ4v) is 11.7. The number of thioether (sulfide) groups is 3. The molecule has 1 fully saturated rings. The number of hydrogen-bond acceptors (Lipinski definition) is 17. The highest BCUT2D eigenvalue weighted by atomic mass is 32.2. The highest BCUT2D eigenvalue weighted by Gasteiger charge is 2.39. The Balaban J connectivity index is 0.000000147. The molecule has 12 rings (SSSR count). The van der Waals surface area contributed by atoms with Gasteiger partial charge in [-0.1, -0.05) is 93.1 Å². The van der Waals surface area contributed by atoms with Gasteiger partial charge in [0.25, 0.3) is 0 Å². The van der Waals surface area contributed by atoms with Gasteiger partial charge >= 0.3 is 24.1 Å². The molecule has 28 heteroatoms. The molecule has 1 unspecified atom stereocenters. The summed E-state index contributed by atoms with van der Waals surface area (Å²) < 4.78 is 32.1. The summed E-state index contributed by atoms with van der Waals surface area (Å²) in [5, 5.41) is 41.8. The predicted octanol–water partition coefficient (Wildman–Crippen LogP) is 12.2. The number of amides is 6. The van der Waals surface area contributed by atoms with Gasteiger partial charge in [-0.15, -0.1) is 35.3 Å². The number of hydrogen-bond donors (Lipinski definition) is 9. The summed E-state index contributed by atoms with van der Waals surface area (Å²) in [7, 11) is 1.31. The van der Waals surface area contributed by atoms with E-state index in [1.54, 1.807) is 66.4 Å². The summed E-state index contributed by atoms with van der Waals surface area (Å²) in [6.07, 6.45) is 11.3. The van der Waals surface area contributed by atoms with E-state index in [1.165, 1.54) is 49.5 Å². The van der Waals surface area contributed by atoms with Crippen LogP contribution in [0.4, 0.5) is 45.9 Å². The number of fused-ring (bicyclic) bond motifs is 3. The van der Waals surface area contributed by atoms with Gasteiger partial charge in [-0.3, -0.25) is 15.3 Å². The van der Waals surface area contributed by atoms with Crippen LogP contribution in [0, 0.1) is 17.6 Å². The van der Waals surface area contributed by atoms with Crippen molar-refractivity contribution in [2.24, 2.45) is 5.92 Å². The van der Waals surface area contributed by atoms with Gasteiger partial charge in [-0.25, -0.2) is 57.9 Å². The maximum absolute atomic E-state index is 13.7. The molecule has 6 aromatic heterocycles. The molecule has 0 saturated heterocycles. The number of halogens is 2. The van der Waals surface area contributed by atoms with E-state index in [1.807, 2.05) is 80.6 Å². The summed E-state index contributed by atoms with van der Waals surface area (Å²) in [4.78, 5) is 74.2. The summed E-state index contributed by atoms with van der Waals surface area (Å²) in [6.45, 7) is 3.85. The van der Waals surface area contributed by atoms with Gasteiger partial charge in [0, 0.05) is 46.3 Å². The molecule has 4 atom stereocenters. The average Bonchev–Trinajstić information content (AvgIpc) is 2.12. The van der Waals surface area contributed by atoms with E-state index in [0.717, 1.165) is 90.0 Å². The first-order valence-electron chi connectivity index (χ1n) is 27.7.